The van der Waals surface area contributed by atoms with Crippen molar-refractivity contribution in [3.8, 4) is 0 Å². The zero-order valence-corrected chi connectivity index (χ0v) is 7.09. The maximum absolute atomic E-state index is 9.98. The Morgan fingerprint density at radius 2 is 2.45 bits per heavy atom. The highest BCUT2D eigenvalue weighted by molar-refractivity contribution is 5.10. The van der Waals surface area contributed by atoms with Gasteiger partial charge in [0.2, 0.25) is 0 Å². The van der Waals surface area contributed by atoms with Gasteiger partial charge in [0.1, 0.15) is 0 Å². The first-order valence-corrected chi connectivity index (χ1v) is 4.22. The molecule has 0 aromatic rings. The molecule has 0 spiro atoms. The lowest BCUT2D eigenvalue weighted by Crippen LogP contribution is -2.34. The van der Waals surface area contributed by atoms with Gasteiger partial charge in [0.25, 0.3) is 0 Å². The molecule has 0 bridgehead atoms. The summed E-state index contributed by atoms with van der Waals surface area (Å²) in [5, 5.41) is 9.98. The van der Waals surface area contributed by atoms with Gasteiger partial charge in [-0.05, 0) is 19.3 Å². The standard InChI is InChI=1S/C10H16O/c1-3-9(2)10(11)7-5-4-6-8-10/h3,5,7,9,11H,1,4,6,8H2,2H3/t9-,10+/m1/s1. The van der Waals surface area contributed by atoms with Gasteiger partial charge in [-0.15, -0.1) is 6.58 Å². The average Bonchev–Trinajstić information content (AvgIpc) is 2.04. The highest BCUT2D eigenvalue weighted by atomic mass is 16.3. The van der Waals surface area contributed by atoms with Crippen molar-refractivity contribution in [1.29, 1.82) is 0 Å². The minimum Gasteiger partial charge on any atom is -0.385 e. The van der Waals surface area contributed by atoms with Crippen LogP contribution < -0.4 is 0 Å². The predicted octanol–water partition coefficient (Wildman–Crippen LogP) is 2.28. The number of aliphatic hydroxyl groups is 1. The second kappa shape index (κ2) is 3.22. The van der Waals surface area contributed by atoms with Crippen LogP contribution >= 0.6 is 0 Å². The van der Waals surface area contributed by atoms with Crippen LogP contribution in [-0.4, -0.2) is 10.7 Å². The number of hydrogen-bond acceptors (Lipinski definition) is 1. The van der Waals surface area contributed by atoms with E-state index >= 15 is 0 Å². The Morgan fingerprint density at radius 3 is 2.91 bits per heavy atom. The zero-order chi connectivity index (χ0) is 8.32. The monoisotopic (exact) mass is 152 g/mol. The highest BCUT2D eigenvalue weighted by Gasteiger charge is 2.29. The topological polar surface area (TPSA) is 20.2 Å². The lowest BCUT2D eigenvalue weighted by atomic mass is 9.81. The number of hydrogen-bond donors (Lipinski definition) is 1. The quantitative estimate of drug-likeness (QED) is 0.602. The molecule has 1 aliphatic carbocycles. The maximum atomic E-state index is 9.98. The summed E-state index contributed by atoms with van der Waals surface area (Å²) in [4.78, 5) is 0. The van der Waals surface area contributed by atoms with E-state index in [4.69, 9.17) is 0 Å². The Morgan fingerprint density at radius 1 is 1.73 bits per heavy atom. The normalized spacial score (nSPS) is 33.3. The average molecular weight is 152 g/mol. The van der Waals surface area contributed by atoms with E-state index in [0.29, 0.717) is 0 Å². The summed E-state index contributed by atoms with van der Waals surface area (Å²) < 4.78 is 0. The molecule has 11 heavy (non-hydrogen) atoms. The lowest BCUT2D eigenvalue weighted by molar-refractivity contribution is 0.0400. The fourth-order valence-corrected chi connectivity index (χ4v) is 1.46. The van der Waals surface area contributed by atoms with E-state index in [9.17, 15) is 5.11 Å². The summed E-state index contributed by atoms with van der Waals surface area (Å²) in [7, 11) is 0. The van der Waals surface area contributed by atoms with Crippen molar-refractivity contribution in [3.05, 3.63) is 24.8 Å². The molecule has 2 atom stereocenters. The molecule has 0 aromatic heterocycles. The third kappa shape index (κ3) is 1.72. The molecule has 62 valence electrons. The van der Waals surface area contributed by atoms with Gasteiger partial charge in [-0.25, -0.2) is 0 Å². The van der Waals surface area contributed by atoms with Crippen LogP contribution in [0.15, 0.2) is 24.8 Å². The second-order valence-electron chi connectivity index (χ2n) is 3.31. The van der Waals surface area contributed by atoms with Crippen LogP contribution in [0.2, 0.25) is 0 Å². The molecule has 0 unspecified atom stereocenters. The molecular formula is C10H16O. The molecule has 0 saturated heterocycles. The van der Waals surface area contributed by atoms with Crippen molar-refractivity contribution in [2.24, 2.45) is 5.92 Å². The molecule has 0 amide bonds. The van der Waals surface area contributed by atoms with Crippen molar-refractivity contribution in [2.45, 2.75) is 31.8 Å². The maximum Gasteiger partial charge on any atom is 0.0887 e. The summed E-state index contributed by atoms with van der Waals surface area (Å²) in [5.41, 5.74) is -0.611. The summed E-state index contributed by atoms with van der Waals surface area (Å²) in [6.07, 6.45) is 8.86. The van der Waals surface area contributed by atoms with Crippen LogP contribution in [-0.2, 0) is 0 Å². The summed E-state index contributed by atoms with van der Waals surface area (Å²) in [5.74, 6) is 0.166. The smallest absolute Gasteiger partial charge is 0.0887 e. The van der Waals surface area contributed by atoms with Crippen LogP contribution in [0, 0.1) is 5.92 Å². The Kier molecular flexibility index (Phi) is 2.50. The van der Waals surface area contributed by atoms with Gasteiger partial charge in [0.15, 0.2) is 0 Å². The van der Waals surface area contributed by atoms with E-state index in [1.807, 2.05) is 19.1 Å². The molecule has 0 radical (unpaired) electrons. The third-order valence-electron chi connectivity index (χ3n) is 2.50. The SMILES string of the molecule is C=C[C@@H](C)[C@]1(O)C=CCCC1. The van der Waals surface area contributed by atoms with Crippen LogP contribution in [0.3, 0.4) is 0 Å². The van der Waals surface area contributed by atoms with E-state index in [1.165, 1.54) is 0 Å². The molecule has 1 N–H and O–H groups in total. The van der Waals surface area contributed by atoms with Crippen molar-refractivity contribution in [2.75, 3.05) is 0 Å². The largest absolute Gasteiger partial charge is 0.385 e. The number of rotatable bonds is 2. The second-order valence-corrected chi connectivity index (χ2v) is 3.31. The first-order chi connectivity index (χ1) is 5.19. The molecule has 0 aromatic carbocycles. The van der Waals surface area contributed by atoms with Gasteiger partial charge in [0.05, 0.1) is 5.60 Å². The number of allylic oxidation sites excluding steroid dienone is 1. The van der Waals surface area contributed by atoms with Crippen molar-refractivity contribution >= 4 is 0 Å². The molecule has 0 saturated carbocycles. The molecule has 0 heterocycles. The molecule has 1 heteroatoms. The predicted molar refractivity (Wildman–Crippen MR) is 47.3 cm³/mol. The minimum atomic E-state index is -0.611. The van der Waals surface area contributed by atoms with Crippen molar-refractivity contribution < 1.29 is 5.11 Å². The van der Waals surface area contributed by atoms with Crippen LogP contribution in [0.5, 0.6) is 0 Å². The van der Waals surface area contributed by atoms with Gasteiger partial charge in [0, 0.05) is 5.92 Å². The van der Waals surface area contributed by atoms with Gasteiger partial charge < -0.3 is 5.11 Å². The Bertz CT molecular complexity index is 172. The first-order valence-electron chi connectivity index (χ1n) is 4.22. The van der Waals surface area contributed by atoms with E-state index < -0.39 is 5.60 Å². The minimum absolute atomic E-state index is 0.166. The summed E-state index contributed by atoms with van der Waals surface area (Å²) in [6.45, 7) is 5.69. The molecule has 0 fully saturated rings. The van der Waals surface area contributed by atoms with Gasteiger partial charge in [-0.3, -0.25) is 0 Å². The Hall–Kier alpha value is -0.560. The molecule has 0 aliphatic heterocycles. The first kappa shape index (κ1) is 8.54. The van der Waals surface area contributed by atoms with Crippen LogP contribution in [0.1, 0.15) is 26.2 Å². The van der Waals surface area contributed by atoms with E-state index in [1.54, 1.807) is 0 Å². The van der Waals surface area contributed by atoms with E-state index in [2.05, 4.69) is 12.7 Å². The zero-order valence-electron chi connectivity index (χ0n) is 7.09. The van der Waals surface area contributed by atoms with Crippen molar-refractivity contribution in [3.63, 3.8) is 0 Å². The molecule has 1 aliphatic rings. The van der Waals surface area contributed by atoms with Crippen LogP contribution in [0.4, 0.5) is 0 Å². The fourth-order valence-electron chi connectivity index (χ4n) is 1.46. The molecule has 1 rings (SSSR count). The van der Waals surface area contributed by atoms with E-state index in [-0.39, 0.29) is 5.92 Å². The fraction of sp³-hybridized carbons (Fsp3) is 0.600. The van der Waals surface area contributed by atoms with Gasteiger partial charge in [-0.1, -0.05) is 25.2 Å². The highest BCUT2D eigenvalue weighted by Crippen LogP contribution is 2.29. The van der Waals surface area contributed by atoms with E-state index in [0.717, 1.165) is 19.3 Å². The third-order valence-corrected chi connectivity index (χ3v) is 2.50. The molecule has 1 nitrogen and oxygen atoms in total. The Balaban J connectivity index is 2.71. The Labute approximate surface area is 68.4 Å². The summed E-state index contributed by atoms with van der Waals surface area (Å²) >= 11 is 0. The van der Waals surface area contributed by atoms with Gasteiger partial charge in [-0.2, -0.15) is 0 Å². The summed E-state index contributed by atoms with van der Waals surface area (Å²) in [6, 6.07) is 0. The van der Waals surface area contributed by atoms with Crippen molar-refractivity contribution in [1.82, 2.24) is 0 Å². The lowest BCUT2D eigenvalue weighted by Gasteiger charge is -2.31. The molecular weight excluding hydrogens is 136 g/mol. The van der Waals surface area contributed by atoms with Gasteiger partial charge >= 0.3 is 0 Å². The van der Waals surface area contributed by atoms with Crippen LogP contribution in [0.25, 0.3) is 0 Å².